The summed E-state index contributed by atoms with van der Waals surface area (Å²) in [7, 11) is 2.01. The maximum absolute atomic E-state index is 11.8. The number of amides is 1. The molecular weight excluding hydrogens is 238 g/mol. The summed E-state index contributed by atoms with van der Waals surface area (Å²) in [5.41, 5.74) is 1.08. The highest BCUT2D eigenvalue weighted by Gasteiger charge is 2.08. The molecule has 0 heterocycles. The molecule has 1 rings (SSSR count). The van der Waals surface area contributed by atoms with E-state index in [1.165, 1.54) is 0 Å². The van der Waals surface area contributed by atoms with Crippen LogP contribution in [-0.2, 0) is 4.79 Å². The molecule has 1 amide bonds. The zero-order valence-electron chi connectivity index (χ0n) is 11.8. The average Bonchev–Trinajstić information content (AvgIpc) is 2.36. The SMILES string of the molecule is CC(C)CN(C)CCC(=O)Nc1ccccc1C#N. The lowest BCUT2D eigenvalue weighted by molar-refractivity contribution is -0.116. The molecule has 0 atom stereocenters. The monoisotopic (exact) mass is 259 g/mol. The molecular formula is C15H21N3O. The van der Waals surface area contributed by atoms with Crippen molar-refractivity contribution in [2.75, 3.05) is 25.5 Å². The van der Waals surface area contributed by atoms with Gasteiger partial charge in [-0.25, -0.2) is 0 Å². The predicted octanol–water partition coefficient (Wildman–Crippen LogP) is 2.47. The lowest BCUT2D eigenvalue weighted by atomic mass is 10.2. The van der Waals surface area contributed by atoms with Gasteiger partial charge in [0.05, 0.1) is 11.3 Å². The summed E-state index contributed by atoms with van der Waals surface area (Å²) in [6.07, 6.45) is 0.434. The number of nitrogens with one attached hydrogen (secondary N) is 1. The van der Waals surface area contributed by atoms with Crippen LogP contribution in [0.25, 0.3) is 0 Å². The Morgan fingerprint density at radius 2 is 2.11 bits per heavy atom. The second-order valence-corrected chi connectivity index (χ2v) is 5.11. The number of nitrogens with zero attached hydrogens (tertiary/aromatic N) is 2. The van der Waals surface area contributed by atoms with Gasteiger partial charge in [0.25, 0.3) is 0 Å². The van der Waals surface area contributed by atoms with Gasteiger partial charge >= 0.3 is 0 Å². The van der Waals surface area contributed by atoms with E-state index in [-0.39, 0.29) is 5.91 Å². The second-order valence-electron chi connectivity index (χ2n) is 5.11. The van der Waals surface area contributed by atoms with E-state index < -0.39 is 0 Å². The van der Waals surface area contributed by atoms with Gasteiger partial charge in [-0.05, 0) is 25.1 Å². The molecule has 0 saturated carbocycles. The largest absolute Gasteiger partial charge is 0.325 e. The van der Waals surface area contributed by atoms with Crippen molar-refractivity contribution in [2.45, 2.75) is 20.3 Å². The number of anilines is 1. The molecule has 4 heteroatoms. The van der Waals surface area contributed by atoms with Crippen molar-refractivity contribution in [3.63, 3.8) is 0 Å². The number of hydrogen-bond acceptors (Lipinski definition) is 3. The van der Waals surface area contributed by atoms with Crippen LogP contribution in [-0.4, -0.2) is 30.9 Å². The fourth-order valence-electron chi connectivity index (χ4n) is 1.91. The number of hydrogen-bond donors (Lipinski definition) is 1. The third-order valence-corrected chi connectivity index (χ3v) is 2.72. The third kappa shape index (κ3) is 5.54. The van der Waals surface area contributed by atoms with E-state index in [2.05, 4.69) is 30.1 Å². The topological polar surface area (TPSA) is 56.1 Å². The standard InChI is InChI=1S/C15H21N3O/c1-12(2)11-18(3)9-8-15(19)17-14-7-5-4-6-13(14)10-16/h4-7,12H,8-9,11H2,1-3H3,(H,17,19). The van der Waals surface area contributed by atoms with Crippen molar-refractivity contribution in [1.29, 1.82) is 5.26 Å². The molecule has 1 aromatic rings. The molecule has 0 spiro atoms. The molecule has 0 aliphatic carbocycles. The quantitative estimate of drug-likeness (QED) is 0.854. The minimum atomic E-state index is -0.0571. The molecule has 0 aromatic heterocycles. The number of carbonyl (C=O) groups excluding carboxylic acids is 1. The smallest absolute Gasteiger partial charge is 0.225 e. The minimum absolute atomic E-state index is 0.0571. The number of carbonyl (C=O) groups is 1. The molecule has 0 unspecified atom stereocenters. The van der Waals surface area contributed by atoms with Crippen molar-refractivity contribution in [3.05, 3.63) is 29.8 Å². The molecule has 102 valence electrons. The van der Waals surface area contributed by atoms with E-state index in [1.54, 1.807) is 24.3 Å². The van der Waals surface area contributed by atoms with Gasteiger partial charge in [-0.1, -0.05) is 26.0 Å². The molecule has 0 bridgehead atoms. The Morgan fingerprint density at radius 3 is 2.74 bits per heavy atom. The number of benzene rings is 1. The first-order valence-electron chi connectivity index (χ1n) is 6.50. The van der Waals surface area contributed by atoms with Crippen molar-refractivity contribution in [1.82, 2.24) is 4.90 Å². The Kier molecular flexibility index (Phi) is 6.04. The normalized spacial score (nSPS) is 10.5. The van der Waals surface area contributed by atoms with Crippen LogP contribution in [0.2, 0.25) is 0 Å². The van der Waals surface area contributed by atoms with Crippen LogP contribution in [0, 0.1) is 17.2 Å². The summed E-state index contributed by atoms with van der Waals surface area (Å²) < 4.78 is 0. The van der Waals surface area contributed by atoms with Crippen molar-refractivity contribution in [2.24, 2.45) is 5.92 Å². The zero-order valence-corrected chi connectivity index (χ0v) is 11.8. The van der Waals surface area contributed by atoms with Gasteiger partial charge in [0.1, 0.15) is 6.07 Å². The maximum atomic E-state index is 11.8. The molecule has 0 aliphatic heterocycles. The molecule has 1 N–H and O–H groups in total. The van der Waals surface area contributed by atoms with E-state index in [0.29, 0.717) is 23.6 Å². The van der Waals surface area contributed by atoms with E-state index >= 15 is 0 Å². The van der Waals surface area contributed by atoms with Crippen molar-refractivity contribution in [3.8, 4) is 6.07 Å². The van der Waals surface area contributed by atoms with Gasteiger partial charge in [-0.2, -0.15) is 5.26 Å². The number of rotatable bonds is 6. The van der Waals surface area contributed by atoms with Crippen LogP contribution in [0.3, 0.4) is 0 Å². The Bertz CT molecular complexity index is 463. The first-order chi connectivity index (χ1) is 9.02. The Balaban J connectivity index is 2.46. The fraction of sp³-hybridized carbons (Fsp3) is 0.467. The fourth-order valence-corrected chi connectivity index (χ4v) is 1.91. The number of nitriles is 1. The summed E-state index contributed by atoms with van der Waals surface area (Å²) in [6, 6.07) is 9.10. The van der Waals surface area contributed by atoms with Crippen LogP contribution in [0.15, 0.2) is 24.3 Å². The Morgan fingerprint density at radius 1 is 1.42 bits per heavy atom. The van der Waals surface area contributed by atoms with Crippen LogP contribution in [0.5, 0.6) is 0 Å². The van der Waals surface area contributed by atoms with Crippen LogP contribution in [0.1, 0.15) is 25.8 Å². The van der Waals surface area contributed by atoms with E-state index in [9.17, 15) is 4.79 Å². The first kappa shape index (κ1) is 15.2. The van der Waals surface area contributed by atoms with E-state index in [0.717, 1.165) is 13.1 Å². The van der Waals surface area contributed by atoms with Crippen LogP contribution >= 0.6 is 0 Å². The highest BCUT2D eigenvalue weighted by Crippen LogP contribution is 2.13. The molecule has 0 aliphatic rings. The zero-order chi connectivity index (χ0) is 14.3. The molecule has 4 nitrogen and oxygen atoms in total. The number of para-hydroxylation sites is 1. The van der Waals surface area contributed by atoms with Crippen molar-refractivity contribution >= 4 is 11.6 Å². The van der Waals surface area contributed by atoms with Gasteiger partial charge in [0, 0.05) is 19.5 Å². The van der Waals surface area contributed by atoms with Gasteiger partial charge in [0.2, 0.25) is 5.91 Å². The lowest BCUT2D eigenvalue weighted by Crippen LogP contribution is -2.27. The second kappa shape index (κ2) is 7.55. The Hall–Kier alpha value is -1.86. The molecule has 1 aromatic carbocycles. The summed E-state index contributed by atoms with van der Waals surface area (Å²) in [4.78, 5) is 14.0. The molecule has 0 radical (unpaired) electrons. The highest BCUT2D eigenvalue weighted by atomic mass is 16.1. The highest BCUT2D eigenvalue weighted by molar-refractivity contribution is 5.92. The molecule has 0 fully saturated rings. The lowest BCUT2D eigenvalue weighted by Gasteiger charge is -2.18. The summed E-state index contributed by atoms with van der Waals surface area (Å²) >= 11 is 0. The van der Waals surface area contributed by atoms with Gasteiger partial charge in [-0.15, -0.1) is 0 Å². The summed E-state index contributed by atoms with van der Waals surface area (Å²) in [6.45, 7) is 6.00. The average molecular weight is 259 g/mol. The maximum Gasteiger partial charge on any atom is 0.225 e. The van der Waals surface area contributed by atoms with E-state index in [1.807, 2.05) is 7.05 Å². The van der Waals surface area contributed by atoms with Gasteiger partial charge in [-0.3, -0.25) is 4.79 Å². The van der Waals surface area contributed by atoms with Crippen molar-refractivity contribution < 1.29 is 4.79 Å². The summed E-state index contributed by atoms with van der Waals surface area (Å²) in [5.74, 6) is 0.533. The predicted molar refractivity (Wildman–Crippen MR) is 76.7 cm³/mol. The Labute approximate surface area is 115 Å². The summed E-state index contributed by atoms with van der Waals surface area (Å²) in [5, 5.41) is 11.7. The van der Waals surface area contributed by atoms with Gasteiger partial charge < -0.3 is 10.2 Å². The first-order valence-corrected chi connectivity index (χ1v) is 6.50. The van der Waals surface area contributed by atoms with E-state index in [4.69, 9.17) is 5.26 Å². The molecule has 0 saturated heterocycles. The minimum Gasteiger partial charge on any atom is -0.325 e. The van der Waals surface area contributed by atoms with Crippen LogP contribution < -0.4 is 5.32 Å². The third-order valence-electron chi connectivity index (χ3n) is 2.72. The molecule has 19 heavy (non-hydrogen) atoms. The van der Waals surface area contributed by atoms with Gasteiger partial charge in [0.15, 0.2) is 0 Å². The van der Waals surface area contributed by atoms with Crippen LogP contribution in [0.4, 0.5) is 5.69 Å².